The van der Waals surface area contributed by atoms with Crippen molar-refractivity contribution in [2.45, 2.75) is 19.3 Å². The summed E-state index contributed by atoms with van der Waals surface area (Å²) in [5.41, 5.74) is 2.76. The van der Waals surface area contributed by atoms with E-state index in [0.717, 1.165) is 41.7 Å². The van der Waals surface area contributed by atoms with E-state index >= 15 is 0 Å². The van der Waals surface area contributed by atoms with E-state index in [1.165, 1.54) is 0 Å². The molecule has 3 nitrogen and oxygen atoms in total. The summed E-state index contributed by atoms with van der Waals surface area (Å²) in [4.78, 5) is 10.8. The molecule has 1 aromatic rings. The van der Waals surface area contributed by atoms with Crippen molar-refractivity contribution < 1.29 is 14.3 Å². The number of ether oxygens (including phenoxy) is 2. The molecule has 1 aliphatic carbocycles. The first-order valence-corrected chi connectivity index (χ1v) is 5.30. The number of allylic oxidation sites excluding steroid dienone is 1. The number of benzene rings is 1. The summed E-state index contributed by atoms with van der Waals surface area (Å²) in [6.07, 6.45) is 2.67. The molecule has 1 aliphatic rings. The van der Waals surface area contributed by atoms with Crippen molar-refractivity contribution in [3.8, 4) is 11.5 Å². The topological polar surface area (TPSA) is 35.5 Å². The van der Waals surface area contributed by atoms with Crippen molar-refractivity contribution in [2.75, 3.05) is 14.2 Å². The minimum absolute atomic E-state index is 0.716. The Kier molecular flexibility index (Phi) is 2.97. The van der Waals surface area contributed by atoms with Crippen LogP contribution in [0.2, 0.25) is 0 Å². The predicted molar refractivity (Wildman–Crippen MR) is 61.6 cm³/mol. The molecule has 0 aromatic heterocycles. The molecule has 0 saturated heterocycles. The molecular formula is C13H14O3. The summed E-state index contributed by atoms with van der Waals surface area (Å²) in [6.45, 7) is 0. The van der Waals surface area contributed by atoms with Gasteiger partial charge in [-0.15, -0.1) is 0 Å². The van der Waals surface area contributed by atoms with Crippen LogP contribution in [0.15, 0.2) is 12.1 Å². The van der Waals surface area contributed by atoms with E-state index in [2.05, 4.69) is 0 Å². The van der Waals surface area contributed by atoms with Crippen molar-refractivity contribution >= 4 is 11.5 Å². The number of rotatable bonds is 2. The molecule has 0 aliphatic heterocycles. The van der Waals surface area contributed by atoms with Crippen LogP contribution in [-0.4, -0.2) is 20.2 Å². The van der Waals surface area contributed by atoms with Crippen LogP contribution in [0.3, 0.4) is 0 Å². The zero-order chi connectivity index (χ0) is 11.5. The fourth-order valence-electron chi connectivity index (χ4n) is 2.20. The first-order chi connectivity index (χ1) is 7.81. The summed E-state index contributed by atoms with van der Waals surface area (Å²) in [5.74, 6) is 3.48. The monoisotopic (exact) mass is 218 g/mol. The third-order valence-corrected chi connectivity index (χ3v) is 2.95. The lowest BCUT2D eigenvalue weighted by Gasteiger charge is -2.20. The van der Waals surface area contributed by atoms with Gasteiger partial charge in [-0.1, -0.05) is 0 Å². The number of fused-ring (bicyclic) bond motifs is 1. The lowest BCUT2D eigenvalue weighted by Crippen LogP contribution is -2.06. The van der Waals surface area contributed by atoms with E-state index < -0.39 is 0 Å². The number of methoxy groups -OCH3 is 2. The van der Waals surface area contributed by atoms with E-state index in [0.29, 0.717) is 5.75 Å². The van der Waals surface area contributed by atoms with Crippen LogP contribution >= 0.6 is 0 Å². The standard InChI is InChI=1S/C13H14O3/c1-15-12-7-6-10-9(8-14)4-3-5-11(10)13(12)16-2/h6-7H,3-5H2,1-2H3. The Bertz CT molecular complexity index is 456. The Morgan fingerprint density at radius 1 is 1.19 bits per heavy atom. The smallest absolute Gasteiger partial charge is 0.164 e. The van der Waals surface area contributed by atoms with Gasteiger partial charge in [0.05, 0.1) is 14.2 Å². The third kappa shape index (κ3) is 1.59. The lowest BCUT2D eigenvalue weighted by molar-refractivity contribution is 0.351. The van der Waals surface area contributed by atoms with Crippen molar-refractivity contribution in [1.82, 2.24) is 0 Å². The van der Waals surface area contributed by atoms with Gasteiger partial charge in [0.2, 0.25) is 0 Å². The minimum atomic E-state index is 0.716. The number of hydrogen-bond acceptors (Lipinski definition) is 3. The molecule has 0 unspecified atom stereocenters. The Morgan fingerprint density at radius 2 is 2.00 bits per heavy atom. The van der Waals surface area contributed by atoms with Crippen molar-refractivity contribution in [1.29, 1.82) is 0 Å². The Labute approximate surface area is 94.7 Å². The predicted octanol–water partition coefficient (Wildman–Crippen LogP) is 2.26. The number of hydrogen-bond donors (Lipinski definition) is 0. The van der Waals surface area contributed by atoms with Crippen molar-refractivity contribution in [3.63, 3.8) is 0 Å². The van der Waals surface area contributed by atoms with Crippen LogP contribution < -0.4 is 9.47 Å². The maximum Gasteiger partial charge on any atom is 0.164 e. The molecule has 1 aromatic carbocycles. The summed E-state index contributed by atoms with van der Waals surface area (Å²) < 4.78 is 10.6. The highest BCUT2D eigenvalue weighted by atomic mass is 16.5. The number of carbonyl (C=O) groups excluding carboxylic acids is 1. The van der Waals surface area contributed by atoms with Gasteiger partial charge >= 0.3 is 0 Å². The van der Waals surface area contributed by atoms with Crippen LogP contribution in [-0.2, 0) is 11.2 Å². The second-order valence-corrected chi connectivity index (χ2v) is 3.76. The quantitative estimate of drug-likeness (QED) is 0.714. The van der Waals surface area contributed by atoms with Gasteiger partial charge < -0.3 is 9.47 Å². The van der Waals surface area contributed by atoms with Crippen LogP contribution in [0.5, 0.6) is 11.5 Å². The highest BCUT2D eigenvalue weighted by Gasteiger charge is 2.21. The Hall–Kier alpha value is -1.73. The molecule has 0 saturated carbocycles. The summed E-state index contributed by atoms with van der Waals surface area (Å²) in [7, 11) is 3.24. The second kappa shape index (κ2) is 4.42. The molecule has 0 heterocycles. The Morgan fingerprint density at radius 3 is 2.62 bits per heavy atom. The van der Waals surface area contributed by atoms with Gasteiger partial charge in [0.15, 0.2) is 11.5 Å². The Balaban J connectivity index is 2.64. The maximum absolute atomic E-state index is 10.8. The van der Waals surface area contributed by atoms with Crippen LogP contribution in [0, 0.1) is 0 Å². The average Bonchev–Trinajstić information content (AvgIpc) is 2.36. The average molecular weight is 218 g/mol. The van der Waals surface area contributed by atoms with Gasteiger partial charge in [-0.3, -0.25) is 0 Å². The molecule has 84 valence electrons. The first-order valence-electron chi connectivity index (χ1n) is 5.30. The van der Waals surface area contributed by atoms with E-state index in [9.17, 15) is 4.79 Å². The molecule has 0 amide bonds. The fraction of sp³-hybridized carbons (Fsp3) is 0.385. The van der Waals surface area contributed by atoms with Gasteiger partial charge in [0.1, 0.15) is 5.94 Å². The molecule has 0 bridgehead atoms. The molecule has 0 radical (unpaired) electrons. The van der Waals surface area contributed by atoms with E-state index in [1.54, 1.807) is 14.2 Å². The highest BCUT2D eigenvalue weighted by molar-refractivity contribution is 5.90. The van der Waals surface area contributed by atoms with Gasteiger partial charge in [-0.2, -0.15) is 0 Å². The zero-order valence-electron chi connectivity index (χ0n) is 9.50. The van der Waals surface area contributed by atoms with Gasteiger partial charge in [0.25, 0.3) is 0 Å². The van der Waals surface area contributed by atoms with Crippen LogP contribution in [0.25, 0.3) is 5.57 Å². The van der Waals surface area contributed by atoms with Gasteiger partial charge in [-0.25, -0.2) is 4.79 Å². The molecule has 0 atom stereocenters. The first kappa shape index (κ1) is 10.8. The SMILES string of the molecule is COc1ccc2c(c1OC)CCCC2=C=O. The maximum atomic E-state index is 10.8. The van der Waals surface area contributed by atoms with E-state index in [4.69, 9.17) is 9.47 Å². The lowest BCUT2D eigenvalue weighted by atomic mass is 9.87. The molecule has 0 fully saturated rings. The van der Waals surface area contributed by atoms with Crippen LogP contribution in [0.4, 0.5) is 0 Å². The highest BCUT2D eigenvalue weighted by Crippen LogP contribution is 2.40. The van der Waals surface area contributed by atoms with Crippen molar-refractivity contribution in [2.24, 2.45) is 0 Å². The van der Waals surface area contributed by atoms with Gasteiger partial charge in [0, 0.05) is 11.1 Å². The molecule has 0 spiro atoms. The largest absolute Gasteiger partial charge is 0.493 e. The molecular weight excluding hydrogens is 204 g/mol. The second-order valence-electron chi connectivity index (χ2n) is 3.76. The van der Waals surface area contributed by atoms with E-state index in [-0.39, 0.29) is 0 Å². The molecule has 0 N–H and O–H groups in total. The third-order valence-electron chi connectivity index (χ3n) is 2.95. The fourth-order valence-corrected chi connectivity index (χ4v) is 2.20. The van der Waals surface area contributed by atoms with Crippen molar-refractivity contribution in [3.05, 3.63) is 23.3 Å². The molecule has 3 heteroatoms. The zero-order valence-corrected chi connectivity index (χ0v) is 9.50. The summed E-state index contributed by atoms with van der Waals surface area (Å²) in [6, 6.07) is 3.75. The molecule has 16 heavy (non-hydrogen) atoms. The summed E-state index contributed by atoms with van der Waals surface area (Å²) >= 11 is 0. The summed E-state index contributed by atoms with van der Waals surface area (Å²) in [5, 5.41) is 0. The van der Waals surface area contributed by atoms with E-state index in [1.807, 2.05) is 18.1 Å². The van der Waals surface area contributed by atoms with Gasteiger partial charge in [-0.05, 0) is 37.0 Å². The minimum Gasteiger partial charge on any atom is -0.493 e. The normalized spacial score (nSPS) is 14.0. The van der Waals surface area contributed by atoms with Crippen LogP contribution in [0.1, 0.15) is 24.0 Å². The molecule has 2 rings (SSSR count).